The van der Waals surface area contributed by atoms with Crippen LogP contribution in [0.3, 0.4) is 0 Å². The van der Waals surface area contributed by atoms with Crippen molar-refractivity contribution in [3.05, 3.63) is 57.8 Å². The molecule has 0 unspecified atom stereocenters. The van der Waals surface area contributed by atoms with Gasteiger partial charge in [-0.3, -0.25) is 9.59 Å². The maximum atomic E-state index is 13.4. The molecule has 1 aliphatic rings. The largest absolute Gasteiger partial charge is 0.382 e. The summed E-state index contributed by atoms with van der Waals surface area (Å²) in [6.07, 6.45) is 1.60. The van der Waals surface area contributed by atoms with E-state index in [-0.39, 0.29) is 30.3 Å². The fourth-order valence-electron chi connectivity index (χ4n) is 3.97. The molecule has 0 radical (unpaired) electrons. The molecule has 162 valence electrons. The molecule has 0 spiro atoms. The Morgan fingerprint density at radius 2 is 2.00 bits per heavy atom. The van der Waals surface area contributed by atoms with Crippen LogP contribution < -0.4 is 0 Å². The van der Waals surface area contributed by atoms with Crippen molar-refractivity contribution in [3.63, 3.8) is 0 Å². The predicted octanol–water partition coefficient (Wildman–Crippen LogP) is 4.13. The van der Waals surface area contributed by atoms with Crippen LogP contribution in [-0.2, 0) is 20.7 Å². The van der Waals surface area contributed by atoms with Crippen molar-refractivity contribution in [2.45, 2.75) is 39.7 Å². The molecule has 0 bridgehead atoms. The SMILES string of the molecule is CCOCCCN(CC(=O)N1CCc2sccc2[C@@H]1c1ccccc1)C(=O)C(C)C. The summed E-state index contributed by atoms with van der Waals surface area (Å²) >= 11 is 1.76. The third-order valence-corrected chi connectivity index (χ3v) is 6.45. The number of amides is 2. The second kappa shape index (κ2) is 10.7. The van der Waals surface area contributed by atoms with Crippen LogP contribution in [0.5, 0.6) is 0 Å². The number of nitrogens with zero attached hydrogens (tertiary/aromatic N) is 2. The Morgan fingerprint density at radius 1 is 1.23 bits per heavy atom. The number of fused-ring (bicyclic) bond motifs is 1. The van der Waals surface area contributed by atoms with Gasteiger partial charge in [0, 0.05) is 37.1 Å². The summed E-state index contributed by atoms with van der Waals surface area (Å²) in [5.41, 5.74) is 2.33. The molecule has 0 N–H and O–H groups in total. The van der Waals surface area contributed by atoms with Crippen molar-refractivity contribution in [2.75, 3.05) is 32.8 Å². The minimum atomic E-state index is -0.139. The summed E-state index contributed by atoms with van der Waals surface area (Å²) in [5.74, 6) is -0.116. The fraction of sp³-hybridized carbons (Fsp3) is 0.500. The number of ether oxygens (including phenoxy) is 1. The highest BCUT2D eigenvalue weighted by atomic mass is 32.1. The number of hydrogen-bond acceptors (Lipinski definition) is 4. The number of benzene rings is 1. The fourth-order valence-corrected chi connectivity index (χ4v) is 4.87. The number of carbonyl (C=O) groups excluding carboxylic acids is 2. The molecule has 2 aromatic rings. The van der Waals surface area contributed by atoms with Crippen molar-refractivity contribution in [2.24, 2.45) is 5.92 Å². The van der Waals surface area contributed by atoms with Crippen molar-refractivity contribution in [1.29, 1.82) is 0 Å². The highest BCUT2D eigenvalue weighted by molar-refractivity contribution is 7.10. The van der Waals surface area contributed by atoms with E-state index >= 15 is 0 Å². The van der Waals surface area contributed by atoms with Gasteiger partial charge in [0.15, 0.2) is 0 Å². The monoisotopic (exact) mass is 428 g/mol. The van der Waals surface area contributed by atoms with Crippen LogP contribution in [0.2, 0.25) is 0 Å². The maximum Gasteiger partial charge on any atom is 0.242 e. The first kappa shape index (κ1) is 22.5. The third kappa shape index (κ3) is 5.29. The van der Waals surface area contributed by atoms with E-state index in [1.54, 1.807) is 16.2 Å². The van der Waals surface area contributed by atoms with Crippen molar-refractivity contribution in [3.8, 4) is 0 Å². The molecule has 30 heavy (non-hydrogen) atoms. The topological polar surface area (TPSA) is 49.9 Å². The van der Waals surface area contributed by atoms with Gasteiger partial charge in [-0.15, -0.1) is 11.3 Å². The van der Waals surface area contributed by atoms with E-state index in [1.165, 1.54) is 10.4 Å². The molecule has 6 heteroatoms. The van der Waals surface area contributed by atoms with E-state index < -0.39 is 0 Å². The zero-order valence-corrected chi connectivity index (χ0v) is 19.0. The summed E-state index contributed by atoms with van der Waals surface area (Å²) in [5, 5.41) is 2.11. The molecular formula is C24H32N2O3S. The van der Waals surface area contributed by atoms with Crippen molar-refractivity contribution in [1.82, 2.24) is 9.80 Å². The van der Waals surface area contributed by atoms with E-state index in [0.29, 0.717) is 26.3 Å². The Labute approximate surface area is 183 Å². The molecule has 2 heterocycles. The highest BCUT2D eigenvalue weighted by Crippen LogP contribution is 2.37. The Balaban J connectivity index is 1.79. The summed E-state index contributed by atoms with van der Waals surface area (Å²) in [6.45, 7) is 8.31. The second-order valence-electron chi connectivity index (χ2n) is 7.91. The highest BCUT2D eigenvalue weighted by Gasteiger charge is 2.34. The standard InChI is InChI=1S/C24H32N2O3S/c1-4-29-15-8-13-25(24(28)18(2)3)17-22(27)26-14-11-21-20(12-16-30-21)23(26)19-9-6-5-7-10-19/h5-7,9-10,12,16,18,23H,4,8,11,13-15,17H2,1-3H3/t23-/m0/s1. The van der Waals surface area contributed by atoms with E-state index in [0.717, 1.165) is 18.4 Å². The molecular weight excluding hydrogens is 396 g/mol. The van der Waals surface area contributed by atoms with E-state index in [2.05, 4.69) is 23.6 Å². The zero-order chi connectivity index (χ0) is 21.5. The minimum absolute atomic E-state index is 0.00566. The Bertz CT molecular complexity index is 834. The van der Waals surface area contributed by atoms with Gasteiger partial charge in [0.2, 0.25) is 11.8 Å². The number of rotatable bonds is 9. The Kier molecular flexibility index (Phi) is 8.05. The third-order valence-electron chi connectivity index (χ3n) is 5.45. The molecule has 2 amide bonds. The van der Waals surface area contributed by atoms with Crippen molar-refractivity contribution >= 4 is 23.2 Å². The van der Waals surface area contributed by atoms with Crippen LogP contribution in [-0.4, -0.2) is 54.5 Å². The van der Waals surface area contributed by atoms with Crippen LogP contribution in [0.25, 0.3) is 0 Å². The molecule has 1 aliphatic heterocycles. The summed E-state index contributed by atoms with van der Waals surface area (Å²) < 4.78 is 5.42. The van der Waals surface area contributed by atoms with Crippen LogP contribution >= 0.6 is 11.3 Å². The van der Waals surface area contributed by atoms with Gasteiger partial charge in [0.1, 0.15) is 0 Å². The lowest BCUT2D eigenvalue weighted by Crippen LogP contribution is -2.47. The van der Waals surface area contributed by atoms with Crippen LogP contribution in [0.1, 0.15) is 49.2 Å². The lowest BCUT2D eigenvalue weighted by atomic mass is 9.93. The molecule has 0 saturated heterocycles. The number of hydrogen-bond donors (Lipinski definition) is 0. The smallest absolute Gasteiger partial charge is 0.242 e. The van der Waals surface area contributed by atoms with Crippen LogP contribution in [0.15, 0.2) is 41.8 Å². The lowest BCUT2D eigenvalue weighted by Gasteiger charge is -2.38. The maximum absolute atomic E-state index is 13.4. The van der Waals surface area contributed by atoms with Crippen LogP contribution in [0.4, 0.5) is 0 Å². The molecule has 1 atom stereocenters. The number of thiophene rings is 1. The van der Waals surface area contributed by atoms with Gasteiger partial charge >= 0.3 is 0 Å². The summed E-state index contributed by atoms with van der Waals surface area (Å²) in [7, 11) is 0. The first-order chi connectivity index (χ1) is 14.5. The van der Waals surface area contributed by atoms with E-state index in [4.69, 9.17) is 4.74 Å². The molecule has 1 aromatic heterocycles. The van der Waals surface area contributed by atoms with Gasteiger partial charge in [0.25, 0.3) is 0 Å². The van der Waals surface area contributed by atoms with Gasteiger partial charge in [-0.2, -0.15) is 0 Å². The van der Waals surface area contributed by atoms with E-state index in [9.17, 15) is 9.59 Å². The first-order valence-electron chi connectivity index (χ1n) is 10.8. The average molecular weight is 429 g/mol. The molecule has 0 saturated carbocycles. The van der Waals surface area contributed by atoms with Crippen molar-refractivity contribution < 1.29 is 14.3 Å². The van der Waals surface area contributed by atoms with Crippen LogP contribution in [0, 0.1) is 5.92 Å². The molecule has 3 rings (SSSR count). The van der Waals surface area contributed by atoms with Gasteiger partial charge in [-0.1, -0.05) is 44.2 Å². The zero-order valence-electron chi connectivity index (χ0n) is 18.2. The molecule has 5 nitrogen and oxygen atoms in total. The molecule has 0 fully saturated rings. The quantitative estimate of drug-likeness (QED) is 0.564. The van der Waals surface area contributed by atoms with Gasteiger partial charge in [-0.05, 0) is 42.3 Å². The molecule has 0 aliphatic carbocycles. The normalized spacial score (nSPS) is 15.9. The second-order valence-corrected chi connectivity index (χ2v) is 8.92. The van der Waals surface area contributed by atoms with Gasteiger partial charge < -0.3 is 14.5 Å². The summed E-state index contributed by atoms with van der Waals surface area (Å²) in [4.78, 5) is 31.2. The summed E-state index contributed by atoms with van der Waals surface area (Å²) in [6, 6.07) is 12.2. The minimum Gasteiger partial charge on any atom is -0.382 e. The van der Waals surface area contributed by atoms with E-state index in [1.807, 2.05) is 43.9 Å². The average Bonchev–Trinajstić information content (AvgIpc) is 3.24. The number of carbonyl (C=O) groups is 2. The molecule has 1 aromatic carbocycles. The Hall–Kier alpha value is -2.18. The lowest BCUT2D eigenvalue weighted by molar-refractivity contribution is -0.143. The predicted molar refractivity (Wildman–Crippen MR) is 121 cm³/mol. The van der Waals surface area contributed by atoms with Gasteiger partial charge in [-0.25, -0.2) is 0 Å². The van der Waals surface area contributed by atoms with Gasteiger partial charge in [0.05, 0.1) is 12.6 Å². The first-order valence-corrected chi connectivity index (χ1v) is 11.7. The Morgan fingerprint density at radius 3 is 2.70 bits per heavy atom.